The Morgan fingerprint density at radius 1 is 0.941 bits per heavy atom. The molecule has 2 aromatic rings. The van der Waals surface area contributed by atoms with Crippen molar-refractivity contribution in [3.05, 3.63) is 76.6 Å². The zero-order valence-corrected chi connectivity index (χ0v) is 21.7. The van der Waals surface area contributed by atoms with Crippen molar-refractivity contribution in [2.24, 2.45) is 11.8 Å². The Balaban J connectivity index is 1.42. The lowest BCUT2D eigenvalue weighted by Gasteiger charge is -2.29. The molecule has 0 spiro atoms. The summed E-state index contributed by atoms with van der Waals surface area (Å²) in [4.78, 5) is 0. The lowest BCUT2D eigenvalue weighted by atomic mass is 9.76. The van der Waals surface area contributed by atoms with Gasteiger partial charge in [0.05, 0.1) is 5.02 Å². The molecular formula is C32H40ClF. The Morgan fingerprint density at radius 3 is 2.32 bits per heavy atom. The van der Waals surface area contributed by atoms with Gasteiger partial charge in [0.25, 0.3) is 0 Å². The first kappa shape index (κ1) is 25.2. The van der Waals surface area contributed by atoms with Crippen LogP contribution in [0.1, 0.15) is 102 Å². The second kappa shape index (κ2) is 12.2. The van der Waals surface area contributed by atoms with E-state index < -0.39 is 0 Å². The van der Waals surface area contributed by atoms with Crippen LogP contribution in [0.3, 0.4) is 0 Å². The first-order valence-corrected chi connectivity index (χ1v) is 13.9. The van der Waals surface area contributed by atoms with E-state index in [0.29, 0.717) is 22.4 Å². The molecule has 4 rings (SSSR count). The summed E-state index contributed by atoms with van der Waals surface area (Å²) in [5.41, 5.74) is 5.18. The fraction of sp³-hybridized carbons (Fsp3) is 0.500. The molecule has 2 aliphatic rings. The predicted molar refractivity (Wildman–Crippen MR) is 146 cm³/mol. The number of halogens is 2. The van der Waals surface area contributed by atoms with Crippen molar-refractivity contribution in [2.75, 3.05) is 0 Å². The molecule has 182 valence electrons. The quantitative estimate of drug-likeness (QED) is 0.261. The van der Waals surface area contributed by atoms with Gasteiger partial charge in [-0.15, -0.1) is 0 Å². The molecule has 0 saturated heterocycles. The van der Waals surface area contributed by atoms with E-state index in [1.54, 1.807) is 0 Å². The number of hydrogen-bond donors (Lipinski definition) is 0. The normalized spacial score (nSPS) is 23.3. The number of benzene rings is 2. The van der Waals surface area contributed by atoms with Crippen molar-refractivity contribution >= 4 is 17.2 Å². The summed E-state index contributed by atoms with van der Waals surface area (Å²) in [6.45, 7) is 4.36. The number of rotatable bonds is 8. The van der Waals surface area contributed by atoms with Gasteiger partial charge in [-0.05, 0) is 91.9 Å². The Kier molecular flexibility index (Phi) is 9.06. The molecule has 0 nitrogen and oxygen atoms in total. The summed E-state index contributed by atoms with van der Waals surface area (Å²) in [6, 6.07) is 12.4. The molecule has 34 heavy (non-hydrogen) atoms. The minimum atomic E-state index is -0.261. The van der Waals surface area contributed by atoms with Crippen LogP contribution in [-0.4, -0.2) is 0 Å². The molecule has 0 radical (unpaired) electrons. The number of unbranched alkanes of at least 4 members (excludes halogenated alkanes) is 2. The lowest BCUT2D eigenvalue weighted by molar-refractivity contribution is 0.302. The van der Waals surface area contributed by atoms with Crippen LogP contribution in [-0.2, 0) is 0 Å². The van der Waals surface area contributed by atoms with Gasteiger partial charge in [-0.2, -0.15) is 0 Å². The third-order valence-electron chi connectivity index (χ3n) is 8.10. The van der Waals surface area contributed by atoms with Crippen LogP contribution in [0.5, 0.6) is 0 Å². The summed E-state index contributed by atoms with van der Waals surface area (Å²) >= 11 is 6.62. The van der Waals surface area contributed by atoms with Crippen LogP contribution in [0, 0.1) is 17.7 Å². The lowest BCUT2D eigenvalue weighted by Crippen LogP contribution is -2.14. The van der Waals surface area contributed by atoms with Crippen molar-refractivity contribution < 1.29 is 4.39 Å². The molecule has 0 aromatic heterocycles. The van der Waals surface area contributed by atoms with Crippen LogP contribution in [0.4, 0.5) is 4.39 Å². The Hall–Kier alpha value is -1.86. The van der Waals surface area contributed by atoms with Gasteiger partial charge < -0.3 is 0 Å². The average Bonchev–Trinajstić information content (AvgIpc) is 2.87. The monoisotopic (exact) mass is 478 g/mol. The van der Waals surface area contributed by atoms with Gasteiger partial charge in [0.2, 0.25) is 0 Å². The minimum absolute atomic E-state index is 0.261. The molecule has 2 aliphatic carbocycles. The van der Waals surface area contributed by atoms with Gasteiger partial charge in [-0.3, -0.25) is 0 Å². The van der Waals surface area contributed by atoms with Crippen LogP contribution >= 0.6 is 11.6 Å². The maximum absolute atomic E-state index is 15.4. The first-order chi connectivity index (χ1) is 16.6. The van der Waals surface area contributed by atoms with Gasteiger partial charge in [-0.1, -0.05) is 98.8 Å². The van der Waals surface area contributed by atoms with Crippen LogP contribution < -0.4 is 0 Å². The maximum atomic E-state index is 15.4. The Labute approximate surface area is 211 Å². The summed E-state index contributed by atoms with van der Waals surface area (Å²) in [6.07, 6.45) is 20.3. The Morgan fingerprint density at radius 2 is 1.68 bits per heavy atom. The zero-order chi connectivity index (χ0) is 23.9. The molecule has 0 bridgehead atoms. The van der Waals surface area contributed by atoms with Crippen LogP contribution in [0.25, 0.3) is 16.7 Å². The highest BCUT2D eigenvalue weighted by Crippen LogP contribution is 2.42. The van der Waals surface area contributed by atoms with E-state index in [2.05, 4.69) is 50.3 Å². The van der Waals surface area contributed by atoms with Gasteiger partial charge in [0.1, 0.15) is 5.82 Å². The highest BCUT2D eigenvalue weighted by atomic mass is 35.5. The van der Waals surface area contributed by atoms with Crippen LogP contribution in [0.2, 0.25) is 5.02 Å². The van der Waals surface area contributed by atoms with Gasteiger partial charge in [0.15, 0.2) is 0 Å². The highest BCUT2D eigenvalue weighted by molar-refractivity contribution is 6.32. The average molecular weight is 479 g/mol. The Bertz CT molecular complexity index is 992. The smallest absolute Gasteiger partial charge is 0.149 e. The molecular weight excluding hydrogens is 439 g/mol. The number of hydrogen-bond acceptors (Lipinski definition) is 0. The summed E-state index contributed by atoms with van der Waals surface area (Å²) in [5.74, 6) is 1.64. The molecule has 2 aromatic carbocycles. The van der Waals surface area contributed by atoms with E-state index in [1.165, 1.54) is 56.1 Å². The highest BCUT2D eigenvalue weighted by Gasteiger charge is 2.25. The summed E-state index contributed by atoms with van der Waals surface area (Å²) in [7, 11) is 0. The van der Waals surface area contributed by atoms with Crippen molar-refractivity contribution in [3.8, 4) is 11.1 Å². The third-order valence-corrected chi connectivity index (χ3v) is 8.48. The molecule has 0 N–H and O–H groups in total. The summed E-state index contributed by atoms with van der Waals surface area (Å²) in [5, 5.41) is 0.334. The summed E-state index contributed by atoms with van der Waals surface area (Å²) < 4.78 is 15.4. The van der Waals surface area contributed by atoms with E-state index in [9.17, 15) is 0 Å². The SMILES string of the molecule is C/C=C/C1CC=C(c2ccc(-c3ccc(C4CCC(CCCCC)CC4)c(Cl)c3F)cc2)CC1. The third kappa shape index (κ3) is 6.03. The minimum Gasteiger partial charge on any atom is -0.205 e. The maximum Gasteiger partial charge on any atom is 0.149 e. The van der Waals surface area contributed by atoms with Crippen LogP contribution in [0.15, 0.2) is 54.6 Å². The van der Waals surface area contributed by atoms with E-state index in [0.717, 1.165) is 42.7 Å². The molecule has 2 heteroatoms. The second-order valence-electron chi connectivity index (χ2n) is 10.4. The first-order valence-electron chi connectivity index (χ1n) is 13.5. The second-order valence-corrected chi connectivity index (χ2v) is 10.8. The van der Waals surface area contributed by atoms with Gasteiger partial charge in [0, 0.05) is 5.56 Å². The number of allylic oxidation sites excluding steroid dienone is 4. The molecule has 1 unspecified atom stereocenters. The fourth-order valence-corrected chi connectivity index (χ4v) is 6.29. The molecule has 1 saturated carbocycles. The molecule has 1 fully saturated rings. The van der Waals surface area contributed by atoms with Crippen molar-refractivity contribution in [2.45, 2.75) is 90.4 Å². The standard InChI is InChI=1S/C32H40ClF/c1-3-5-6-8-24-11-15-27(16-12-24)29-21-22-30(32(34)31(29)33)28-19-17-26(18-20-28)25-13-9-23(7-4-2)10-14-25/h4,7,13,17-24,27H,3,5-6,8-12,14-16H2,1-2H3/b7-4+. The zero-order valence-electron chi connectivity index (χ0n) is 21.0. The van der Waals surface area contributed by atoms with E-state index in [4.69, 9.17) is 11.6 Å². The molecule has 0 aliphatic heterocycles. The van der Waals surface area contributed by atoms with E-state index >= 15 is 4.39 Å². The largest absolute Gasteiger partial charge is 0.205 e. The van der Waals surface area contributed by atoms with Gasteiger partial charge >= 0.3 is 0 Å². The molecule has 0 amide bonds. The van der Waals surface area contributed by atoms with Crippen molar-refractivity contribution in [3.63, 3.8) is 0 Å². The van der Waals surface area contributed by atoms with Crippen molar-refractivity contribution in [1.29, 1.82) is 0 Å². The van der Waals surface area contributed by atoms with E-state index in [1.807, 2.05) is 18.2 Å². The molecule has 1 atom stereocenters. The predicted octanol–water partition coefficient (Wildman–Crippen LogP) is 10.8. The topological polar surface area (TPSA) is 0 Å². The fourth-order valence-electron chi connectivity index (χ4n) is 5.98. The van der Waals surface area contributed by atoms with Crippen molar-refractivity contribution in [1.82, 2.24) is 0 Å². The molecule has 0 heterocycles. The van der Waals surface area contributed by atoms with Gasteiger partial charge in [-0.25, -0.2) is 4.39 Å². The van der Waals surface area contributed by atoms with E-state index in [-0.39, 0.29) is 5.82 Å².